The summed E-state index contributed by atoms with van der Waals surface area (Å²) in [5.74, 6) is 0.495. The number of benzene rings is 2. The minimum absolute atomic E-state index is 0.0232. The average molecular weight is 438 g/mol. The van der Waals surface area contributed by atoms with E-state index in [0.717, 1.165) is 43.5 Å². The molecule has 148 valence electrons. The van der Waals surface area contributed by atoms with Crippen LogP contribution in [-0.4, -0.2) is 30.4 Å². The maximum Gasteiger partial charge on any atom is 0.225 e. The number of piperazine rings is 1. The lowest BCUT2D eigenvalue weighted by Crippen LogP contribution is -2.52. The van der Waals surface area contributed by atoms with E-state index >= 15 is 0 Å². The van der Waals surface area contributed by atoms with Crippen LogP contribution < -0.4 is 4.90 Å². The second-order valence-corrected chi connectivity index (χ2v) is 8.90. The molecule has 1 heterocycles. The van der Waals surface area contributed by atoms with Crippen molar-refractivity contribution < 1.29 is 4.79 Å². The van der Waals surface area contributed by atoms with Gasteiger partial charge in [-0.15, -0.1) is 0 Å². The van der Waals surface area contributed by atoms with Crippen molar-refractivity contribution in [1.82, 2.24) is 4.90 Å². The van der Waals surface area contributed by atoms with Crippen LogP contribution in [0.5, 0.6) is 0 Å². The standard InChI is InChI=1S/C22H23Cl3N2O/c23-17-7-5-15(6-8-17)21-14-26(22(28)16-3-1-2-4-16)11-12-27(21)20-10-9-18(24)13-19(20)25/h5-10,13,16,21H,1-4,11-12,14H2. The number of hydrogen-bond donors (Lipinski definition) is 0. The SMILES string of the molecule is O=C(C1CCCC1)N1CCN(c2ccc(Cl)cc2Cl)C(c2ccc(Cl)cc2)C1. The summed E-state index contributed by atoms with van der Waals surface area (Å²) in [7, 11) is 0. The van der Waals surface area contributed by atoms with Gasteiger partial charge in [0.2, 0.25) is 5.91 Å². The summed E-state index contributed by atoms with van der Waals surface area (Å²) < 4.78 is 0. The van der Waals surface area contributed by atoms with Gasteiger partial charge < -0.3 is 9.80 Å². The van der Waals surface area contributed by atoms with Crippen LogP contribution in [0.1, 0.15) is 37.3 Å². The summed E-state index contributed by atoms with van der Waals surface area (Å²) in [6.45, 7) is 2.08. The molecule has 6 heteroatoms. The topological polar surface area (TPSA) is 23.6 Å². The summed E-state index contributed by atoms with van der Waals surface area (Å²) >= 11 is 18.7. The van der Waals surface area contributed by atoms with E-state index in [1.165, 1.54) is 0 Å². The molecule has 2 aromatic rings. The first kappa shape index (κ1) is 19.9. The van der Waals surface area contributed by atoms with Gasteiger partial charge in [-0.2, -0.15) is 0 Å². The van der Waals surface area contributed by atoms with Crippen LogP contribution in [0.25, 0.3) is 0 Å². The van der Waals surface area contributed by atoms with E-state index in [4.69, 9.17) is 34.8 Å². The molecule has 4 rings (SSSR count). The van der Waals surface area contributed by atoms with Crippen molar-refractivity contribution in [2.45, 2.75) is 31.7 Å². The van der Waals surface area contributed by atoms with Crippen LogP contribution >= 0.6 is 34.8 Å². The zero-order valence-electron chi connectivity index (χ0n) is 15.6. The van der Waals surface area contributed by atoms with Crippen molar-refractivity contribution >= 4 is 46.4 Å². The maximum absolute atomic E-state index is 13.0. The molecule has 1 aliphatic carbocycles. The quantitative estimate of drug-likeness (QED) is 0.568. The highest BCUT2D eigenvalue weighted by atomic mass is 35.5. The number of nitrogens with zero attached hydrogens (tertiary/aromatic N) is 2. The Labute approximate surface area is 181 Å². The highest BCUT2D eigenvalue weighted by molar-refractivity contribution is 6.36. The average Bonchev–Trinajstić information content (AvgIpc) is 3.23. The fourth-order valence-electron chi connectivity index (χ4n) is 4.39. The van der Waals surface area contributed by atoms with Gasteiger partial charge in [0.15, 0.2) is 0 Å². The molecular weight excluding hydrogens is 415 g/mol. The van der Waals surface area contributed by atoms with Crippen molar-refractivity contribution in [2.75, 3.05) is 24.5 Å². The summed E-state index contributed by atoms with van der Waals surface area (Å²) in [6.07, 6.45) is 4.37. The Kier molecular flexibility index (Phi) is 6.05. The largest absolute Gasteiger partial charge is 0.360 e. The third-order valence-corrected chi connectivity index (χ3v) is 6.66. The Bertz CT molecular complexity index is 849. The molecule has 1 atom stereocenters. The van der Waals surface area contributed by atoms with Crippen molar-refractivity contribution in [1.29, 1.82) is 0 Å². The predicted octanol–water partition coefficient (Wildman–Crippen LogP) is 6.23. The first-order valence-corrected chi connectivity index (χ1v) is 10.9. The first-order chi connectivity index (χ1) is 13.5. The fraction of sp³-hybridized carbons (Fsp3) is 0.409. The molecule has 1 saturated heterocycles. The summed E-state index contributed by atoms with van der Waals surface area (Å²) in [4.78, 5) is 17.3. The molecular formula is C22H23Cl3N2O. The van der Waals surface area contributed by atoms with Gasteiger partial charge in [-0.25, -0.2) is 0 Å². The smallest absolute Gasteiger partial charge is 0.225 e. The Balaban J connectivity index is 1.64. The third kappa shape index (κ3) is 4.12. The Hall–Kier alpha value is -1.42. The molecule has 0 bridgehead atoms. The van der Waals surface area contributed by atoms with Crippen molar-refractivity contribution in [3.05, 3.63) is 63.1 Å². The van der Waals surface area contributed by atoms with E-state index < -0.39 is 0 Å². The molecule has 1 aliphatic heterocycles. The lowest BCUT2D eigenvalue weighted by Gasteiger charge is -2.44. The lowest BCUT2D eigenvalue weighted by atomic mass is 9.99. The third-order valence-electron chi connectivity index (χ3n) is 5.87. The molecule has 1 amide bonds. The number of hydrogen-bond acceptors (Lipinski definition) is 2. The van der Waals surface area contributed by atoms with Gasteiger partial charge in [-0.3, -0.25) is 4.79 Å². The second-order valence-electron chi connectivity index (χ2n) is 7.62. The zero-order chi connectivity index (χ0) is 19.7. The van der Waals surface area contributed by atoms with Crippen LogP contribution in [0.3, 0.4) is 0 Å². The van der Waals surface area contributed by atoms with E-state index in [0.29, 0.717) is 34.1 Å². The van der Waals surface area contributed by atoms with Gasteiger partial charge in [0.1, 0.15) is 0 Å². The normalized spacial score (nSPS) is 20.6. The van der Waals surface area contributed by atoms with Crippen LogP contribution in [0, 0.1) is 5.92 Å². The van der Waals surface area contributed by atoms with Crippen molar-refractivity contribution in [2.24, 2.45) is 5.92 Å². The number of amides is 1. The van der Waals surface area contributed by atoms with Gasteiger partial charge in [-0.05, 0) is 48.7 Å². The molecule has 0 N–H and O–H groups in total. The van der Waals surface area contributed by atoms with E-state index in [9.17, 15) is 4.79 Å². The van der Waals surface area contributed by atoms with Crippen LogP contribution in [0.2, 0.25) is 15.1 Å². The number of carbonyl (C=O) groups excluding carboxylic acids is 1. The van der Waals surface area contributed by atoms with E-state index in [2.05, 4.69) is 4.90 Å². The van der Waals surface area contributed by atoms with Crippen LogP contribution in [0.4, 0.5) is 5.69 Å². The Morgan fingerprint density at radius 2 is 1.57 bits per heavy atom. The van der Waals surface area contributed by atoms with Gasteiger partial charge >= 0.3 is 0 Å². The summed E-state index contributed by atoms with van der Waals surface area (Å²) in [6, 6.07) is 13.5. The predicted molar refractivity (Wildman–Crippen MR) is 117 cm³/mol. The maximum atomic E-state index is 13.0. The Morgan fingerprint density at radius 3 is 2.25 bits per heavy atom. The van der Waals surface area contributed by atoms with Gasteiger partial charge in [0, 0.05) is 35.6 Å². The number of carbonyl (C=O) groups is 1. The molecule has 0 aromatic heterocycles. The molecule has 2 fully saturated rings. The summed E-state index contributed by atoms with van der Waals surface area (Å²) in [5.41, 5.74) is 2.07. The second kappa shape index (κ2) is 8.52. The molecule has 2 aliphatic rings. The Morgan fingerprint density at radius 1 is 0.893 bits per heavy atom. The van der Waals surface area contributed by atoms with Gasteiger partial charge in [-0.1, -0.05) is 59.8 Å². The van der Waals surface area contributed by atoms with Crippen molar-refractivity contribution in [3.63, 3.8) is 0 Å². The van der Waals surface area contributed by atoms with E-state index in [-0.39, 0.29) is 12.0 Å². The molecule has 2 aromatic carbocycles. The zero-order valence-corrected chi connectivity index (χ0v) is 17.9. The monoisotopic (exact) mass is 436 g/mol. The minimum Gasteiger partial charge on any atom is -0.360 e. The highest BCUT2D eigenvalue weighted by Crippen LogP contribution is 2.37. The van der Waals surface area contributed by atoms with E-state index in [1.54, 1.807) is 6.07 Å². The van der Waals surface area contributed by atoms with Crippen LogP contribution in [-0.2, 0) is 4.79 Å². The first-order valence-electron chi connectivity index (χ1n) is 9.79. The molecule has 0 spiro atoms. The van der Waals surface area contributed by atoms with E-state index in [1.807, 2.05) is 41.3 Å². The van der Waals surface area contributed by atoms with Gasteiger partial charge in [0.05, 0.1) is 16.8 Å². The number of anilines is 1. The van der Waals surface area contributed by atoms with Crippen molar-refractivity contribution in [3.8, 4) is 0 Å². The van der Waals surface area contributed by atoms with Crippen LogP contribution in [0.15, 0.2) is 42.5 Å². The number of rotatable bonds is 3. The molecule has 3 nitrogen and oxygen atoms in total. The molecule has 28 heavy (non-hydrogen) atoms. The molecule has 1 saturated carbocycles. The lowest BCUT2D eigenvalue weighted by molar-refractivity contribution is -0.136. The fourth-order valence-corrected chi connectivity index (χ4v) is 5.03. The summed E-state index contributed by atoms with van der Waals surface area (Å²) in [5, 5.41) is 1.95. The minimum atomic E-state index is 0.0232. The molecule has 1 unspecified atom stereocenters. The number of halogens is 3. The van der Waals surface area contributed by atoms with Gasteiger partial charge in [0.25, 0.3) is 0 Å². The highest BCUT2D eigenvalue weighted by Gasteiger charge is 2.35. The molecule has 0 radical (unpaired) electrons.